The van der Waals surface area contributed by atoms with Gasteiger partial charge in [-0.15, -0.1) is 0 Å². The minimum absolute atomic E-state index is 0.00950. The van der Waals surface area contributed by atoms with E-state index in [1.807, 2.05) is 6.92 Å². The second-order valence-corrected chi connectivity index (χ2v) is 6.68. The molecule has 1 aliphatic rings. The van der Waals surface area contributed by atoms with Crippen molar-refractivity contribution in [1.29, 1.82) is 0 Å². The van der Waals surface area contributed by atoms with Gasteiger partial charge in [-0.25, -0.2) is 0 Å². The third-order valence-electron chi connectivity index (χ3n) is 4.92. The summed E-state index contributed by atoms with van der Waals surface area (Å²) in [5.41, 5.74) is 0. The van der Waals surface area contributed by atoms with Crippen molar-refractivity contribution in [3.63, 3.8) is 0 Å². The number of hydrogen-bond acceptors (Lipinski definition) is 2. The lowest BCUT2D eigenvalue weighted by Crippen LogP contribution is -2.36. The molecular weight excluding hydrogens is 250 g/mol. The molecule has 0 bridgehead atoms. The van der Waals surface area contributed by atoms with Gasteiger partial charge < -0.3 is 10.4 Å². The van der Waals surface area contributed by atoms with Gasteiger partial charge in [-0.1, -0.05) is 46.5 Å². The van der Waals surface area contributed by atoms with Gasteiger partial charge in [0.1, 0.15) is 0 Å². The average molecular weight is 283 g/mol. The first-order chi connectivity index (χ1) is 9.54. The number of aliphatic hydroxyl groups is 1. The summed E-state index contributed by atoms with van der Waals surface area (Å²) in [5, 5.41) is 13.1. The summed E-state index contributed by atoms with van der Waals surface area (Å²) < 4.78 is 0. The van der Waals surface area contributed by atoms with Crippen molar-refractivity contribution in [2.75, 3.05) is 6.54 Å². The standard InChI is InChI=1S/C17H33NO2/c1-4-15-8-5-7-13(2)10-11-16(19)14(3)17(20)18-12-6-9-15/h13-16,19H,4-12H2,1-3H3,(H,18,20)/t13-,14-,15+,16+/m1/s1. The van der Waals surface area contributed by atoms with Gasteiger partial charge in [0.25, 0.3) is 0 Å². The Morgan fingerprint density at radius 3 is 2.50 bits per heavy atom. The molecule has 0 radical (unpaired) electrons. The number of rotatable bonds is 1. The fourth-order valence-corrected chi connectivity index (χ4v) is 3.10. The molecule has 3 nitrogen and oxygen atoms in total. The molecule has 20 heavy (non-hydrogen) atoms. The van der Waals surface area contributed by atoms with E-state index in [4.69, 9.17) is 0 Å². The predicted octanol–water partition coefficient (Wildman–Crippen LogP) is 3.51. The molecule has 0 unspecified atom stereocenters. The SMILES string of the molecule is CC[C@@H]1CCCNC(=O)[C@H](C)[C@@H](O)CC[C@H](C)CCC1. The lowest BCUT2D eigenvalue weighted by atomic mass is 9.89. The number of carbonyl (C=O) groups is 1. The highest BCUT2D eigenvalue weighted by atomic mass is 16.3. The average Bonchev–Trinajstić information content (AvgIpc) is 2.45. The molecule has 0 spiro atoms. The molecule has 0 saturated carbocycles. The van der Waals surface area contributed by atoms with Crippen molar-refractivity contribution in [3.05, 3.63) is 0 Å². The van der Waals surface area contributed by atoms with Crippen LogP contribution in [-0.2, 0) is 4.79 Å². The fraction of sp³-hybridized carbons (Fsp3) is 0.941. The second-order valence-electron chi connectivity index (χ2n) is 6.68. The van der Waals surface area contributed by atoms with Gasteiger partial charge in [0, 0.05) is 6.54 Å². The molecule has 3 heteroatoms. The lowest BCUT2D eigenvalue weighted by Gasteiger charge is -2.22. The third kappa shape index (κ3) is 6.25. The van der Waals surface area contributed by atoms with Gasteiger partial charge in [0.2, 0.25) is 5.91 Å². The molecule has 4 atom stereocenters. The van der Waals surface area contributed by atoms with E-state index in [1.54, 1.807) is 0 Å². The summed E-state index contributed by atoms with van der Waals surface area (Å²) in [5.74, 6) is 1.19. The monoisotopic (exact) mass is 283 g/mol. The van der Waals surface area contributed by atoms with Crippen LogP contribution in [0.3, 0.4) is 0 Å². The van der Waals surface area contributed by atoms with Gasteiger partial charge in [-0.2, -0.15) is 0 Å². The molecule has 1 rings (SSSR count). The van der Waals surface area contributed by atoms with E-state index in [0.717, 1.165) is 31.7 Å². The Morgan fingerprint density at radius 1 is 1.10 bits per heavy atom. The quantitative estimate of drug-likeness (QED) is 0.773. The Balaban J connectivity index is 2.53. The van der Waals surface area contributed by atoms with Crippen LogP contribution in [0.1, 0.15) is 72.1 Å². The summed E-state index contributed by atoms with van der Waals surface area (Å²) in [4.78, 5) is 12.0. The Bertz CT molecular complexity index is 280. The highest BCUT2D eigenvalue weighted by Gasteiger charge is 2.22. The van der Waals surface area contributed by atoms with Crippen LogP contribution >= 0.6 is 0 Å². The number of hydrogen-bond donors (Lipinski definition) is 2. The zero-order valence-electron chi connectivity index (χ0n) is 13.5. The first kappa shape index (κ1) is 17.5. The Labute approximate surface area is 124 Å². The molecule has 1 aliphatic heterocycles. The Kier molecular flexibility index (Phi) is 8.20. The molecule has 0 aromatic rings. The van der Waals surface area contributed by atoms with Gasteiger partial charge in [0.15, 0.2) is 0 Å². The number of aliphatic hydroxyl groups excluding tert-OH is 1. The zero-order chi connectivity index (χ0) is 15.0. The van der Waals surface area contributed by atoms with E-state index in [0.29, 0.717) is 5.92 Å². The van der Waals surface area contributed by atoms with Gasteiger partial charge in [-0.3, -0.25) is 4.79 Å². The normalized spacial score (nSPS) is 35.1. The highest BCUT2D eigenvalue weighted by Crippen LogP contribution is 2.23. The molecule has 1 heterocycles. The zero-order valence-corrected chi connectivity index (χ0v) is 13.5. The first-order valence-electron chi connectivity index (χ1n) is 8.50. The largest absolute Gasteiger partial charge is 0.392 e. The van der Waals surface area contributed by atoms with Gasteiger partial charge in [-0.05, 0) is 37.5 Å². The second kappa shape index (κ2) is 9.38. The van der Waals surface area contributed by atoms with E-state index in [2.05, 4.69) is 19.2 Å². The Morgan fingerprint density at radius 2 is 1.80 bits per heavy atom. The third-order valence-corrected chi connectivity index (χ3v) is 4.92. The summed E-state index contributed by atoms with van der Waals surface area (Å²) >= 11 is 0. The van der Waals surface area contributed by atoms with Crippen molar-refractivity contribution >= 4 is 5.91 Å². The maximum atomic E-state index is 12.0. The summed E-state index contributed by atoms with van der Waals surface area (Å²) in [7, 11) is 0. The van der Waals surface area contributed by atoms with Gasteiger partial charge in [0.05, 0.1) is 12.0 Å². The summed E-state index contributed by atoms with van der Waals surface area (Å²) in [6, 6.07) is 0. The van der Waals surface area contributed by atoms with Crippen molar-refractivity contribution in [1.82, 2.24) is 5.32 Å². The molecule has 2 N–H and O–H groups in total. The molecule has 0 aromatic carbocycles. The van der Waals surface area contributed by atoms with E-state index in [9.17, 15) is 9.90 Å². The lowest BCUT2D eigenvalue weighted by molar-refractivity contribution is -0.128. The maximum absolute atomic E-state index is 12.0. The van der Waals surface area contributed by atoms with Crippen LogP contribution < -0.4 is 5.32 Å². The van der Waals surface area contributed by atoms with Crippen molar-refractivity contribution < 1.29 is 9.90 Å². The molecule has 118 valence electrons. The van der Waals surface area contributed by atoms with Crippen LogP contribution in [-0.4, -0.2) is 23.7 Å². The smallest absolute Gasteiger partial charge is 0.225 e. The first-order valence-corrected chi connectivity index (χ1v) is 8.50. The van der Waals surface area contributed by atoms with E-state index < -0.39 is 6.10 Å². The highest BCUT2D eigenvalue weighted by molar-refractivity contribution is 5.78. The van der Waals surface area contributed by atoms with E-state index >= 15 is 0 Å². The van der Waals surface area contributed by atoms with Crippen LogP contribution in [0.25, 0.3) is 0 Å². The minimum Gasteiger partial charge on any atom is -0.392 e. The predicted molar refractivity (Wildman–Crippen MR) is 83.4 cm³/mol. The molecule has 0 aromatic heterocycles. The van der Waals surface area contributed by atoms with Crippen molar-refractivity contribution in [3.8, 4) is 0 Å². The number of carbonyl (C=O) groups excluding carboxylic acids is 1. The molecular formula is C17H33NO2. The maximum Gasteiger partial charge on any atom is 0.225 e. The van der Waals surface area contributed by atoms with Crippen LogP contribution in [0.5, 0.6) is 0 Å². The van der Waals surface area contributed by atoms with Crippen molar-refractivity contribution in [2.45, 2.75) is 78.2 Å². The van der Waals surface area contributed by atoms with Crippen LogP contribution in [0.4, 0.5) is 0 Å². The van der Waals surface area contributed by atoms with Crippen LogP contribution in [0, 0.1) is 17.8 Å². The van der Waals surface area contributed by atoms with Crippen molar-refractivity contribution in [2.24, 2.45) is 17.8 Å². The van der Waals surface area contributed by atoms with Crippen LogP contribution in [0.15, 0.2) is 0 Å². The molecule has 0 aliphatic carbocycles. The summed E-state index contributed by atoms with van der Waals surface area (Å²) in [6.07, 6.45) is 8.66. The molecule has 1 saturated heterocycles. The molecule has 1 amide bonds. The number of nitrogens with one attached hydrogen (secondary N) is 1. The summed E-state index contributed by atoms with van der Waals surface area (Å²) in [6.45, 7) is 7.13. The van der Waals surface area contributed by atoms with Gasteiger partial charge >= 0.3 is 0 Å². The van der Waals surface area contributed by atoms with E-state index in [-0.39, 0.29) is 11.8 Å². The minimum atomic E-state index is -0.496. The fourth-order valence-electron chi connectivity index (χ4n) is 3.10. The van der Waals surface area contributed by atoms with E-state index in [1.165, 1.54) is 32.1 Å². The number of amides is 1. The molecule has 1 fully saturated rings. The van der Waals surface area contributed by atoms with Crippen LogP contribution in [0.2, 0.25) is 0 Å². The topological polar surface area (TPSA) is 49.3 Å². The Hall–Kier alpha value is -0.570.